The Bertz CT molecular complexity index is 594. The van der Waals surface area contributed by atoms with Crippen LogP contribution in [0.15, 0.2) is 42.6 Å². The lowest BCUT2D eigenvalue weighted by Gasteiger charge is -2.30. The Morgan fingerprint density at radius 1 is 1.25 bits per heavy atom. The van der Waals surface area contributed by atoms with Gasteiger partial charge in [-0.25, -0.2) is 0 Å². The third-order valence-electron chi connectivity index (χ3n) is 3.45. The first-order valence-corrected chi connectivity index (χ1v) is 6.75. The van der Waals surface area contributed by atoms with Gasteiger partial charge < -0.3 is 9.64 Å². The largest absolute Gasteiger partial charge is 0.481 e. The smallest absolute Gasteiger partial charge is 0.263 e. The van der Waals surface area contributed by atoms with Crippen LogP contribution in [0.5, 0.6) is 5.75 Å². The average molecular weight is 271 g/mol. The zero-order valence-corrected chi connectivity index (χ0v) is 11.4. The van der Waals surface area contributed by atoms with Crippen LogP contribution in [0.1, 0.15) is 12.6 Å². The second-order valence-corrected chi connectivity index (χ2v) is 4.88. The lowest BCUT2D eigenvalue weighted by atomic mass is 10.2. The summed E-state index contributed by atoms with van der Waals surface area (Å²) in [4.78, 5) is 14.2. The molecular formula is C15H17N3O2. The van der Waals surface area contributed by atoms with Crippen molar-refractivity contribution < 1.29 is 9.53 Å². The van der Waals surface area contributed by atoms with Gasteiger partial charge >= 0.3 is 0 Å². The zero-order valence-electron chi connectivity index (χ0n) is 11.4. The molecule has 0 fully saturated rings. The predicted octanol–water partition coefficient (Wildman–Crippen LogP) is 1.69. The van der Waals surface area contributed by atoms with Gasteiger partial charge in [0.15, 0.2) is 6.10 Å². The van der Waals surface area contributed by atoms with Gasteiger partial charge in [0.2, 0.25) is 0 Å². The number of nitrogens with zero attached hydrogens (tertiary/aromatic N) is 3. The number of hydrogen-bond acceptors (Lipinski definition) is 3. The number of carbonyl (C=O) groups is 1. The van der Waals surface area contributed by atoms with Gasteiger partial charge in [0.25, 0.3) is 5.91 Å². The van der Waals surface area contributed by atoms with Crippen molar-refractivity contribution in [2.45, 2.75) is 26.1 Å². The van der Waals surface area contributed by atoms with Crippen LogP contribution in [-0.2, 0) is 17.9 Å². The van der Waals surface area contributed by atoms with Gasteiger partial charge in [0.05, 0.1) is 18.8 Å². The van der Waals surface area contributed by atoms with E-state index in [4.69, 9.17) is 4.74 Å². The number of para-hydroxylation sites is 1. The summed E-state index contributed by atoms with van der Waals surface area (Å²) in [6, 6.07) is 11.4. The first-order chi connectivity index (χ1) is 9.74. The van der Waals surface area contributed by atoms with Gasteiger partial charge in [-0.2, -0.15) is 5.10 Å². The van der Waals surface area contributed by atoms with Crippen LogP contribution < -0.4 is 4.74 Å². The molecule has 2 heterocycles. The van der Waals surface area contributed by atoms with E-state index in [-0.39, 0.29) is 5.91 Å². The molecule has 1 aliphatic heterocycles. The second kappa shape index (κ2) is 5.36. The highest BCUT2D eigenvalue weighted by molar-refractivity contribution is 5.81. The minimum absolute atomic E-state index is 0.0151. The number of aromatic nitrogens is 2. The highest BCUT2D eigenvalue weighted by Gasteiger charge is 2.25. The molecule has 5 nitrogen and oxygen atoms in total. The minimum atomic E-state index is -0.480. The molecule has 0 spiro atoms. The van der Waals surface area contributed by atoms with Crippen LogP contribution in [0.4, 0.5) is 0 Å². The fourth-order valence-electron chi connectivity index (χ4n) is 2.38. The summed E-state index contributed by atoms with van der Waals surface area (Å²) < 4.78 is 7.62. The number of hydrogen-bond donors (Lipinski definition) is 0. The number of rotatable bonds is 3. The third-order valence-corrected chi connectivity index (χ3v) is 3.45. The molecule has 0 N–H and O–H groups in total. The Morgan fingerprint density at radius 3 is 2.85 bits per heavy atom. The molecule has 1 aromatic carbocycles. The fraction of sp³-hybridized carbons (Fsp3) is 0.333. The van der Waals surface area contributed by atoms with Crippen molar-refractivity contribution in [3.05, 3.63) is 48.3 Å². The van der Waals surface area contributed by atoms with Gasteiger partial charge in [0, 0.05) is 12.7 Å². The highest BCUT2D eigenvalue weighted by atomic mass is 16.5. The summed E-state index contributed by atoms with van der Waals surface area (Å²) in [5.41, 5.74) is 1.07. The van der Waals surface area contributed by atoms with E-state index in [9.17, 15) is 4.79 Å². The Hall–Kier alpha value is -2.30. The van der Waals surface area contributed by atoms with Crippen LogP contribution in [0.2, 0.25) is 0 Å². The van der Waals surface area contributed by atoms with Gasteiger partial charge in [-0.05, 0) is 25.1 Å². The molecule has 3 rings (SSSR count). The van der Waals surface area contributed by atoms with Crippen LogP contribution in [-0.4, -0.2) is 33.2 Å². The van der Waals surface area contributed by atoms with Crippen molar-refractivity contribution in [3.8, 4) is 5.75 Å². The van der Waals surface area contributed by atoms with Crippen molar-refractivity contribution in [2.24, 2.45) is 0 Å². The topological polar surface area (TPSA) is 47.4 Å². The number of carbonyl (C=O) groups excluding carboxylic acids is 1. The summed E-state index contributed by atoms with van der Waals surface area (Å²) in [5.74, 6) is 0.733. The number of ether oxygens (including phenoxy) is 1. The first kappa shape index (κ1) is 12.7. The van der Waals surface area contributed by atoms with Gasteiger partial charge in [-0.1, -0.05) is 18.2 Å². The van der Waals surface area contributed by atoms with Crippen LogP contribution in [0.25, 0.3) is 0 Å². The molecule has 0 bridgehead atoms. The molecule has 0 saturated heterocycles. The molecule has 104 valence electrons. The highest BCUT2D eigenvalue weighted by Crippen LogP contribution is 2.15. The third kappa shape index (κ3) is 2.52. The van der Waals surface area contributed by atoms with Crippen LogP contribution in [0, 0.1) is 0 Å². The predicted molar refractivity (Wildman–Crippen MR) is 74.2 cm³/mol. The Balaban J connectivity index is 1.64. The van der Waals surface area contributed by atoms with Gasteiger partial charge in [-0.15, -0.1) is 0 Å². The second-order valence-electron chi connectivity index (χ2n) is 4.88. The van der Waals surface area contributed by atoms with E-state index in [0.717, 1.165) is 18.0 Å². The van der Waals surface area contributed by atoms with Crippen molar-refractivity contribution in [2.75, 3.05) is 6.54 Å². The lowest BCUT2D eigenvalue weighted by Crippen LogP contribution is -2.44. The van der Waals surface area contributed by atoms with Crippen molar-refractivity contribution >= 4 is 5.91 Å². The molecular weight excluding hydrogens is 254 g/mol. The SMILES string of the molecule is C[C@@H](Oc1ccccc1)C(=O)N1CCn2nccc2C1. The molecule has 0 aliphatic carbocycles. The molecule has 1 aliphatic rings. The molecule has 5 heteroatoms. The summed E-state index contributed by atoms with van der Waals surface area (Å²) in [7, 11) is 0. The van der Waals surface area contributed by atoms with E-state index in [2.05, 4.69) is 5.10 Å². The van der Waals surface area contributed by atoms with E-state index in [1.54, 1.807) is 13.1 Å². The maximum absolute atomic E-state index is 12.4. The Kier molecular flexibility index (Phi) is 3.41. The fourth-order valence-corrected chi connectivity index (χ4v) is 2.38. The van der Waals surface area contributed by atoms with Crippen LogP contribution >= 0.6 is 0 Å². The first-order valence-electron chi connectivity index (χ1n) is 6.75. The van der Waals surface area contributed by atoms with E-state index in [1.165, 1.54) is 0 Å². The Morgan fingerprint density at radius 2 is 2.05 bits per heavy atom. The number of benzene rings is 1. The van der Waals surface area contributed by atoms with Gasteiger partial charge in [-0.3, -0.25) is 9.48 Å². The van der Waals surface area contributed by atoms with E-state index in [1.807, 2.05) is 46.0 Å². The van der Waals surface area contributed by atoms with E-state index in [0.29, 0.717) is 13.1 Å². The summed E-state index contributed by atoms with van der Waals surface area (Å²) in [5, 5.41) is 4.21. The molecule has 20 heavy (non-hydrogen) atoms. The zero-order chi connectivity index (χ0) is 13.9. The average Bonchev–Trinajstić information content (AvgIpc) is 2.94. The molecule has 1 atom stereocenters. The molecule has 1 aromatic heterocycles. The Labute approximate surface area is 117 Å². The summed E-state index contributed by atoms with van der Waals surface area (Å²) in [6.45, 7) is 3.81. The van der Waals surface area contributed by atoms with Crippen molar-refractivity contribution in [1.29, 1.82) is 0 Å². The van der Waals surface area contributed by atoms with Crippen molar-refractivity contribution in [1.82, 2.24) is 14.7 Å². The molecule has 0 saturated carbocycles. The number of fused-ring (bicyclic) bond motifs is 1. The van der Waals surface area contributed by atoms with Crippen LogP contribution in [0.3, 0.4) is 0 Å². The molecule has 0 radical (unpaired) electrons. The molecule has 0 unspecified atom stereocenters. The normalized spacial score (nSPS) is 15.6. The minimum Gasteiger partial charge on any atom is -0.481 e. The monoisotopic (exact) mass is 271 g/mol. The summed E-state index contributed by atoms with van der Waals surface area (Å²) in [6.07, 6.45) is 1.29. The lowest BCUT2D eigenvalue weighted by molar-refractivity contribution is -0.139. The van der Waals surface area contributed by atoms with Gasteiger partial charge in [0.1, 0.15) is 5.75 Å². The number of amides is 1. The quantitative estimate of drug-likeness (QED) is 0.853. The summed E-state index contributed by atoms with van der Waals surface area (Å²) >= 11 is 0. The van der Waals surface area contributed by atoms with E-state index < -0.39 is 6.10 Å². The maximum Gasteiger partial charge on any atom is 0.263 e. The molecule has 1 amide bonds. The molecule has 2 aromatic rings. The standard InChI is InChI=1S/C15H17N3O2/c1-12(20-14-5-3-2-4-6-14)15(19)17-9-10-18-13(11-17)7-8-16-18/h2-8,12H,9-11H2,1H3/t12-/m1/s1. The maximum atomic E-state index is 12.4. The van der Waals surface area contributed by atoms with Crippen molar-refractivity contribution in [3.63, 3.8) is 0 Å². The van der Waals surface area contributed by atoms with E-state index >= 15 is 0 Å².